The van der Waals surface area contributed by atoms with Gasteiger partial charge in [0.15, 0.2) is 0 Å². The monoisotopic (exact) mass is 475 g/mol. The van der Waals surface area contributed by atoms with Crippen LogP contribution < -0.4 is 5.32 Å². The van der Waals surface area contributed by atoms with E-state index in [0.29, 0.717) is 18.7 Å². The molecule has 1 N–H and O–H groups in total. The van der Waals surface area contributed by atoms with Gasteiger partial charge in [0, 0.05) is 31.0 Å². The van der Waals surface area contributed by atoms with Crippen LogP contribution in [-0.2, 0) is 21.9 Å². The highest BCUT2D eigenvalue weighted by Gasteiger charge is 2.28. The van der Waals surface area contributed by atoms with Gasteiger partial charge in [0.05, 0.1) is 10.7 Å². The van der Waals surface area contributed by atoms with Gasteiger partial charge in [-0.15, -0.1) is 11.8 Å². The summed E-state index contributed by atoms with van der Waals surface area (Å²) in [6.45, 7) is 6.57. The summed E-state index contributed by atoms with van der Waals surface area (Å²) in [6.07, 6.45) is 0.448. The normalized spacial score (nSPS) is 11.8. The van der Waals surface area contributed by atoms with Crippen LogP contribution in [0.5, 0.6) is 0 Å². The van der Waals surface area contributed by atoms with Crippen LogP contribution >= 0.6 is 11.8 Å². The topological polar surface area (TPSA) is 92.6 Å². The zero-order valence-corrected chi connectivity index (χ0v) is 19.9. The molecule has 0 aliphatic rings. The van der Waals surface area contributed by atoms with Gasteiger partial charge >= 0.3 is 0 Å². The lowest BCUT2D eigenvalue weighted by molar-refractivity contribution is -0.384. The van der Waals surface area contributed by atoms with Crippen molar-refractivity contribution in [3.05, 3.63) is 75.6 Å². The molecule has 2 aromatic carbocycles. The molecule has 0 bridgehead atoms. The lowest BCUT2D eigenvalue weighted by Gasteiger charge is -2.31. The van der Waals surface area contributed by atoms with E-state index in [4.69, 9.17) is 0 Å². The molecule has 1 unspecified atom stereocenters. The Labute approximate surface area is 197 Å². The van der Waals surface area contributed by atoms with Crippen LogP contribution in [0.2, 0.25) is 0 Å². The van der Waals surface area contributed by atoms with E-state index in [1.165, 1.54) is 36.0 Å². The highest BCUT2D eigenvalue weighted by molar-refractivity contribution is 7.99. The Bertz CT molecular complexity index is 936. The lowest BCUT2D eigenvalue weighted by Crippen LogP contribution is -2.50. The van der Waals surface area contributed by atoms with Gasteiger partial charge in [-0.25, -0.2) is 4.39 Å². The number of non-ortho nitro benzene ring substituents is 1. The molecule has 33 heavy (non-hydrogen) atoms. The summed E-state index contributed by atoms with van der Waals surface area (Å²) in [5.74, 6) is 0.165. The van der Waals surface area contributed by atoms with Crippen LogP contribution in [0.15, 0.2) is 48.5 Å². The van der Waals surface area contributed by atoms with Crippen molar-refractivity contribution in [3.63, 3.8) is 0 Å². The number of benzene rings is 2. The number of hydrogen-bond acceptors (Lipinski definition) is 5. The van der Waals surface area contributed by atoms with Crippen molar-refractivity contribution in [1.29, 1.82) is 0 Å². The third kappa shape index (κ3) is 8.49. The van der Waals surface area contributed by atoms with Gasteiger partial charge in [-0.3, -0.25) is 19.7 Å². The summed E-state index contributed by atoms with van der Waals surface area (Å²) in [4.78, 5) is 37.9. The first-order valence-corrected chi connectivity index (χ1v) is 12.0. The molecule has 178 valence electrons. The zero-order valence-electron chi connectivity index (χ0n) is 19.1. The second-order valence-electron chi connectivity index (χ2n) is 8.13. The van der Waals surface area contributed by atoms with Crippen molar-refractivity contribution >= 4 is 29.3 Å². The van der Waals surface area contributed by atoms with E-state index in [2.05, 4.69) is 5.32 Å². The Balaban J connectivity index is 2.09. The minimum atomic E-state index is -0.638. The van der Waals surface area contributed by atoms with E-state index in [1.54, 1.807) is 29.2 Å². The van der Waals surface area contributed by atoms with E-state index in [1.807, 2.05) is 20.8 Å². The summed E-state index contributed by atoms with van der Waals surface area (Å²) in [5, 5.41) is 13.7. The number of nitrogens with one attached hydrogen (secondary N) is 1. The number of hydrogen-bond donors (Lipinski definition) is 1. The lowest BCUT2D eigenvalue weighted by atomic mass is 10.1. The molecule has 0 aromatic heterocycles. The van der Waals surface area contributed by atoms with Crippen molar-refractivity contribution in [2.75, 3.05) is 12.3 Å². The molecule has 7 nitrogen and oxygen atoms in total. The maximum Gasteiger partial charge on any atom is 0.269 e. The van der Waals surface area contributed by atoms with E-state index in [0.717, 1.165) is 11.1 Å². The van der Waals surface area contributed by atoms with Crippen molar-refractivity contribution in [2.24, 2.45) is 5.92 Å². The van der Waals surface area contributed by atoms with E-state index in [-0.39, 0.29) is 41.5 Å². The van der Waals surface area contributed by atoms with Crippen molar-refractivity contribution in [1.82, 2.24) is 10.2 Å². The van der Waals surface area contributed by atoms with Crippen LogP contribution in [0.25, 0.3) is 0 Å². The first kappa shape index (κ1) is 26.3. The largest absolute Gasteiger partial charge is 0.354 e. The molecule has 0 fully saturated rings. The fourth-order valence-electron chi connectivity index (χ4n) is 3.18. The minimum Gasteiger partial charge on any atom is -0.354 e. The molecule has 0 saturated carbocycles. The Morgan fingerprint density at radius 1 is 1.09 bits per heavy atom. The van der Waals surface area contributed by atoms with Crippen LogP contribution in [0.1, 0.15) is 38.3 Å². The zero-order chi connectivity index (χ0) is 24.4. The third-order valence-electron chi connectivity index (χ3n) is 4.98. The quantitative estimate of drug-likeness (QED) is 0.359. The maximum atomic E-state index is 13.3. The molecule has 0 aliphatic heterocycles. The minimum absolute atomic E-state index is 0.0171. The molecule has 0 heterocycles. The average molecular weight is 476 g/mol. The first-order chi connectivity index (χ1) is 15.7. The Kier molecular flexibility index (Phi) is 10.3. The Morgan fingerprint density at radius 3 is 2.24 bits per heavy atom. The van der Waals surface area contributed by atoms with Gasteiger partial charge in [0.25, 0.3) is 5.69 Å². The van der Waals surface area contributed by atoms with E-state index < -0.39 is 11.0 Å². The Hall–Kier alpha value is -2.94. The number of carbonyl (C=O) groups is 2. The number of nitro benzene ring substituents is 1. The van der Waals surface area contributed by atoms with Gasteiger partial charge < -0.3 is 10.2 Å². The first-order valence-electron chi connectivity index (χ1n) is 10.8. The number of nitro groups is 1. The third-order valence-corrected chi connectivity index (χ3v) is 5.97. The van der Waals surface area contributed by atoms with Crippen LogP contribution in [0, 0.1) is 21.8 Å². The van der Waals surface area contributed by atoms with Gasteiger partial charge in [-0.2, -0.15) is 0 Å². The Morgan fingerprint density at radius 2 is 1.70 bits per heavy atom. The number of nitrogens with zero attached hydrogens (tertiary/aromatic N) is 2. The fourth-order valence-corrected chi connectivity index (χ4v) is 4.05. The summed E-state index contributed by atoms with van der Waals surface area (Å²) in [5.41, 5.74) is 1.62. The molecule has 0 spiro atoms. The van der Waals surface area contributed by atoms with E-state index >= 15 is 0 Å². The fraction of sp³-hybridized carbons (Fsp3) is 0.417. The predicted octanol–water partition coefficient (Wildman–Crippen LogP) is 4.55. The molecule has 2 amide bonds. The molecule has 0 radical (unpaired) electrons. The van der Waals surface area contributed by atoms with Gasteiger partial charge in [0.1, 0.15) is 11.9 Å². The maximum absolute atomic E-state index is 13.3. The highest BCUT2D eigenvalue weighted by Crippen LogP contribution is 2.19. The van der Waals surface area contributed by atoms with Crippen molar-refractivity contribution in [3.8, 4) is 0 Å². The number of rotatable bonds is 12. The summed E-state index contributed by atoms with van der Waals surface area (Å²) in [7, 11) is 0. The van der Waals surface area contributed by atoms with Crippen molar-refractivity contribution < 1.29 is 18.9 Å². The molecule has 2 aromatic rings. The van der Waals surface area contributed by atoms with Crippen LogP contribution in [0.4, 0.5) is 10.1 Å². The van der Waals surface area contributed by atoms with Gasteiger partial charge in [-0.1, -0.05) is 45.0 Å². The molecule has 1 atom stereocenters. The predicted molar refractivity (Wildman–Crippen MR) is 128 cm³/mol. The summed E-state index contributed by atoms with van der Waals surface area (Å²) < 4.78 is 13.3. The number of halogens is 1. The summed E-state index contributed by atoms with van der Waals surface area (Å²) >= 11 is 1.38. The summed E-state index contributed by atoms with van der Waals surface area (Å²) in [6, 6.07) is 11.5. The number of carbonyl (C=O) groups excluding carboxylic acids is 2. The number of amides is 2. The SMILES string of the molecule is CCC(C(=O)NCC(C)C)N(Cc1ccc(F)cc1)C(=O)CSCc1ccc([N+](=O)[O-])cc1. The number of thioether (sulfide) groups is 1. The van der Waals surface area contributed by atoms with Gasteiger partial charge in [-0.05, 0) is 35.6 Å². The van der Waals surface area contributed by atoms with Crippen LogP contribution in [-0.4, -0.2) is 40.0 Å². The second-order valence-corrected chi connectivity index (χ2v) is 9.11. The highest BCUT2D eigenvalue weighted by atomic mass is 32.2. The van der Waals surface area contributed by atoms with Gasteiger partial charge in [0.2, 0.25) is 11.8 Å². The molecular weight excluding hydrogens is 445 g/mol. The molecular formula is C24H30FN3O4S. The average Bonchev–Trinajstić information content (AvgIpc) is 2.79. The standard InChI is InChI=1S/C24H30FN3O4S/c1-4-22(24(30)26-13-17(2)3)27(14-18-5-9-20(25)10-6-18)23(29)16-33-15-19-7-11-21(12-8-19)28(31)32/h5-12,17,22H,4,13-16H2,1-3H3,(H,26,30). The second kappa shape index (κ2) is 12.9. The molecule has 2 rings (SSSR count). The van der Waals surface area contributed by atoms with Crippen molar-refractivity contribution in [2.45, 2.75) is 45.5 Å². The molecule has 9 heteroatoms. The smallest absolute Gasteiger partial charge is 0.269 e. The molecule has 0 aliphatic carbocycles. The van der Waals surface area contributed by atoms with Crippen LogP contribution in [0.3, 0.4) is 0 Å². The van der Waals surface area contributed by atoms with E-state index in [9.17, 15) is 24.1 Å². The molecule has 0 saturated heterocycles.